The predicted octanol–water partition coefficient (Wildman–Crippen LogP) is 4.80. The van der Waals surface area contributed by atoms with Gasteiger partial charge in [-0.1, -0.05) is 26.3 Å². The highest BCUT2D eigenvalue weighted by Crippen LogP contribution is 2.68. The maximum absolute atomic E-state index is 12.8. The lowest BCUT2D eigenvalue weighted by molar-refractivity contribution is -0.188. The van der Waals surface area contributed by atoms with Gasteiger partial charge in [-0.15, -0.1) is 0 Å². The average molecular weight is 387 g/mol. The molecule has 6 atom stereocenters. The molecule has 0 aromatic carbocycles. The van der Waals surface area contributed by atoms with Crippen molar-refractivity contribution in [3.63, 3.8) is 0 Å². The number of hydrogen-bond donors (Lipinski definition) is 0. The molecule has 4 aliphatic rings. The first-order valence-corrected chi connectivity index (χ1v) is 11.1. The lowest BCUT2D eigenvalue weighted by Gasteiger charge is -2.59. The zero-order chi connectivity index (χ0) is 20.3. The van der Waals surface area contributed by atoms with E-state index in [-0.39, 0.29) is 28.4 Å². The minimum atomic E-state index is -0.949. The highest BCUT2D eigenvalue weighted by molar-refractivity contribution is 5.91. The van der Waals surface area contributed by atoms with Gasteiger partial charge in [0.2, 0.25) is 0 Å². The van der Waals surface area contributed by atoms with E-state index in [1.165, 1.54) is 5.57 Å². The average Bonchev–Trinajstić information content (AvgIpc) is 2.95. The van der Waals surface area contributed by atoms with Gasteiger partial charge in [0.15, 0.2) is 17.2 Å². The number of esters is 1. The molecule has 0 radical (unpaired) electrons. The maximum Gasteiger partial charge on any atom is 0.306 e. The van der Waals surface area contributed by atoms with Gasteiger partial charge in [0.05, 0.1) is 0 Å². The molecule has 0 saturated heterocycles. The highest BCUT2D eigenvalue weighted by atomic mass is 16.6. The first kappa shape index (κ1) is 19.8. The van der Waals surface area contributed by atoms with Crippen molar-refractivity contribution in [1.29, 1.82) is 0 Å². The van der Waals surface area contributed by atoms with Crippen molar-refractivity contribution >= 4 is 17.5 Å². The van der Waals surface area contributed by atoms with E-state index in [1.807, 2.05) is 6.08 Å². The molecule has 3 saturated carbocycles. The molecule has 0 bridgehead atoms. The monoisotopic (exact) mass is 386 g/mol. The van der Waals surface area contributed by atoms with Crippen LogP contribution in [0, 0.1) is 28.6 Å². The number of rotatable bonds is 3. The van der Waals surface area contributed by atoms with Crippen LogP contribution in [0.3, 0.4) is 0 Å². The van der Waals surface area contributed by atoms with E-state index in [0.29, 0.717) is 37.0 Å². The number of ether oxygens (including phenoxy) is 1. The third-order valence-corrected chi connectivity index (χ3v) is 9.23. The zero-order valence-corrected chi connectivity index (χ0v) is 17.8. The van der Waals surface area contributed by atoms with Crippen molar-refractivity contribution in [2.75, 3.05) is 0 Å². The van der Waals surface area contributed by atoms with Crippen LogP contribution in [0.15, 0.2) is 11.6 Å². The third kappa shape index (κ3) is 2.52. The number of carbonyl (C=O) groups excluding carboxylic acids is 3. The largest absolute Gasteiger partial charge is 0.450 e. The highest BCUT2D eigenvalue weighted by Gasteiger charge is 2.67. The molecule has 4 heteroatoms. The van der Waals surface area contributed by atoms with Crippen LogP contribution in [0.1, 0.15) is 85.5 Å². The fourth-order valence-electron chi connectivity index (χ4n) is 7.64. The van der Waals surface area contributed by atoms with E-state index in [1.54, 1.807) is 13.8 Å². The molecule has 0 N–H and O–H groups in total. The van der Waals surface area contributed by atoms with Crippen LogP contribution < -0.4 is 0 Å². The smallest absolute Gasteiger partial charge is 0.306 e. The zero-order valence-electron chi connectivity index (χ0n) is 17.8. The van der Waals surface area contributed by atoms with Crippen LogP contribution in [-0.2, 0) is 19.1 Å². The minimum absolute atomic E-state index is 0.0172. The van der Waals surface area contributed by atoms with E-state index in [4.69, 9.17) is 4.74 Å². The molecule has 154 valence electrons. The Balaban J connectivity index is 1.69. The number of carbonyl (C=O) groups is 3. The molecule has 4 rings (SSSR count). The topological polar surface area (TPSA) is 60.4 Å². The molecule has 3 fully saturated rings. The van der Waals surface area contributed by atoms with Gasteiger partial charge in [0, 0.05) is 18.3 Å². The lowest BCUT2D eigenvalue weighted by atomic mass is 9.46. The summed E-state index contributed by atoms with van der Waals surface area (Å²) in [6.07, 6.45) is 9.56. The van der Waals surface area contributed by atoms with Crippen LogP contribution >= 0.6 is 0 Å². The summed E-state index contributed by atoms with van der Waals surface area (Å²) in [5.74, 6) is 1.58. The normalized spacial score (nSPS) is 44.8. The van der Waals surface area contributed by atoms with E-state index >= 15 is 0 Å². The van der Waals surface area contributed by atoms with Gasteiger partial charge in [-0.25, -0.2) is 0 Å². The summed E-state index contributed by atoms with van der Waals surface area (Å²) in [5, 5.41) is 0. The molecule has 0 aliphatic heterocycles. The van der Waals surface area contributed by atoms with E-state index < -0.39 is 5.60 Å². The Bertz CT molecular complexity index is 752. The maximum atomic E-state index is 12.8. The fourth-order valence-corrected chi connectivity index (χ4v) is 7.64. The molecule has 4 nitrogen and oxygen atoms in total. The quantitative estimate of drug-likeness (QED) is 0.654. The first-order chi connectivity index (χ1) is 13.2. The molecular formula is C24H34O4. The summed E-state index contributed by atoms with van der Waals surface area (Å²) in [6.45, 7) is 7.98. The number of Topliss-reactive ketones (excluding diaryl/α,β-unsaturated/α-hetero) is 1. The van der Waals surface area contributed by atoms with Crippen LogP contribution in [-0.4, -0.2) is 23.1 Å². The van der Waals surface area contributed by atoms with Crippen LogP contribution in [0.4, 0.5) is 0 Å². The summed E-state index contributed by atoms with van der Waals surface area (Å²) in [5.41, 5.74) is 0.267. The van der Waals surface area contributed by atoms with E-state index in [2.05, 4.69) is 13.8 Å². The molecule has 4 aliphatic carbocycles. The van der Waals surface area contributed by atoms with Gasteiger partial charge < -0.3 is 4.74 Å². The predicted molar refractivity (Wildman–Crippen MR) is 107 cm³/mol. The second-order valence-electron chi connectivity index (χ2n) is 10.2. The van der Waals surface area contributed by atoms with Gasteiger partial charge in [0.25, 0.3) is 0 Å². The van der Waals surface area contributed by atoms with Crippen molar-refractivity contribution in [3.05, 3.63) is 11.6 Å². The SMILES string of the molecule is CCC(=O)O[C@]1(C(C)=O)CC[C@@H]2[C@@H]3CCC4=CC(=O)CC[C@]4(C)[C@H]3CC[C@@]21C. The summed E-state index contributed by atoms with van der Waals surface area (Å²) < 4.78 is 5.96. The second kappa shape index (κ2) is 6.53. The molecule has 0 aromatic heterocycles. The van der Waals surface area contributed by atoms with Gasteiger partial charge >= 0.3 is 5.97 Å². The van der Waals surface area contributed by atoms with Crippen molar-refractivity contribution < 1.29 is 19.1 Å². The third-order valence-electron chi connectivity index (χ3n) is 9.23. The Morgan fingerprint density at radius 3 is 2.46 bits per heavy atom. The Morgan fingerprint density at radius 1 is 1.07 bits per heavy atom. The van der Waals surface area contributed by atoms with Crippen LogP contribution in [0.5, 0.6) is 0 Å². The van der Waals surface area contributed by atoms with Crippen molar-refractivity contribution in [2.24, 2.45) is 28.6 Å². The Kier molecular flexibility index (Phi) is 4.63. The van der Waals surface area contributed by atoms with Crippen molar-refractivity contribution in [1.82, 2.24) is 0 Å². The first-order valence-electron chi connectivity index (χ1n) is 11.1. The van der Waals surface area contributed by atoms with Gasteiger partial charge in [-0.05, 0) is 81.1 Å². The van der Waals surface area contributed by atoms with Gasteiger partial charge in [-0.2, -0.15) is 0 Å². The summed E-state index contributed by atoms with van der Waals surface area (Å²) >= 11 is 0. The Hall–Kier alpha value is -1.45. The van der Waals surface area contributed by atoms with Crippen molar-refractivity contribution in [3.8, 4) is 0 Å². The summed E-state index contributed by atoms with van der Waals surface area (Å²) in [4.78, 5) is 37.1. The van der Waals surface area contributed by atoms with E-state index in [0.717, 1.165) is 38.5 Å². The number of hydrogen-bond acceptors (Lipinski definition) is 4. The summed E-state index contributed by atoms with van der Waals surface area (Å²) in [6, 6.07) is 0. The lowest BCUT2D eigenvalue weighted by Crippen LogP contribution is -2.58. The Morgan fingerprint density at radius 2 is 1.79 bits per heavy atom. The van der Waals surface area contributed by atoms with E-state index in [9.17, 15) is 14.4 Å². The second-order valence-corrected chi connectivity index (χ2v) is 10.2. The molecular weight excluding hydrogens is 352 g/mol. The fraction of sp³-hybridized carbons (Fsp3) is 0.792. The molecule has 0 unspecified atom stereocenters. The number of fused-ring (bicyclic) bond motifs is 5. The molecule has 0 aromatic rings. The number of allylic oxidation sites excluding steroid dienone is 1. The Labute approximate surface area is 168 Å². The molecule has 0 spiro atoms. The minimum Gasteiger partial charge on any atom is -0.450 e. The molecule has 0 amide bonds. The standard InChI is InChI=1S/C24H34O4/c1-5-21(27)28-24(15(2)25)13-10-20-18-7-6-16-14-17(26)8-11-22(16,3)19(18)9-12-23(20,24)4/h14,18-20H,5-13H2,1-4H3/t18-,19+,20-,22+,23+,24+/m1/s1. The van der Waals surface area contributed by atoms with Gasteiger partial charge in [0.1, 0.15) is 0 Å². The summed E-state index contributed by atoms with van der Waals surface area (Å²) in [7, 11) is 0. The van der Waals surface area contributed by atoms with Crippen LogP contribution in [0.25, 0.3) is 0 Å². The molecule has 0 heterocycles. The van der Waals surface area contributed by atoms with Crippen LogP contribution in [0.2, 0.25) is 0 Å². The number of ketones is 2. The molecule has 28 heavy (non-hydrogen) atoms. The van der Waals surface area contributed by atoms with Gasteiger partial charge in [-0.3, -0.25) is 14.4 Å². The van der Waals surface area contributed by atoms with Crippen molar-refractivity contribution in [2.45, 2.75) is 91.1 Å².